The number of hydrogen-bond donors (Lipinski definition) is 3. The quantitative estimate of drug-likeness (QED) is 0.515. The van der Waals surface area contributed by atoms with Gasteiger partial charge in [0, 0.05) is 19.2 Å². The second kappa shape index (κ2) is 5.49. The Kier molecular flexibility index (Phi) is 3.76. The largest absolute Gasteiger partial charge is 0.383 e. The number of fused-ring (bicyclic) bond motifs is 1. The number of amides is 1. The third-order valence-corrected chi connectivity index (χ3v) is 2.58. The summed E-state index contributed by atoms with van der Waals surface area (Å²) in [4.78, 5) is 39.0. The first-order valence-electron chi connectivity index (χ1n) is 5.65. The van der Waals surface area contributed by atoms with Crippen LogP contribution in [0.3, 0.4) is 0 Å². The van der Waals surface area contributed by atoms with Crippen LogP contribution in [-0.2, 0) is 4.74 Å². The smallest absolute Gasteiger partial charge is 0.314 e. The fraction of sp³-hybridized carbons (Fsp3) is 0.250. The number of hydrogen-bond acceptors (Lipinski definition) is 4. The van der Waals surface area contributed by atoms with Gasteiger partial charge < -0.3 is 20.0 Å². The van der Waals surface area contributed by atoms with Crippen LogP contribution in [0, 0.1) is 0 Å². The number of benzene rings is 1. The molecule has 7 nitrogen and oxygen atoms in total. The SMILES string of the molecule is COCCNC(=O)c1ccc2[nH]c(=O)c(=O)[nH]c2c1. The highest BCUT2D eigenvalue weighted by atomic mass is 16.5. The molecular formula is C12H13N3O4. The Morgan fingerprint density at radius 1 is 1.21 bits per heavy atom. The van der Waals surface area contributed by atoms with Crippen molar-refractivity contribution < 1.29 is 9.53 Å². The Bertz CT molecular complexity index is 717. The highest BCUT2D eigenvalue weighted by molar-refractivity contribution is 5.97. The molecule has 0 fully saturated rings. The highest BCUT2D eigenvalue weighted by Crippen LogP contribution is 2.08. The molecule has 2 rings (SSSR count). The molecule has 2 aromatic rings. The number of nitrogens with one attached hydrogen (secondary N) is 3. The van der Waals surface area contributed by atoms with Gasteiger partial charge in [-0.2, -0.15) is 0 Å². The predicted octanol–water partition coefficient (Wildman–Crippen LogP) is -0.407. The standard InChI is InChI=1S/C12H13N3O4/c1-19-5-4-13-10(16)7-2-3-8-9(6-7)15-12(18)11(17)14-8/h2-3,6H,4-5H2,1H3,(H,13,16)(H,14,17)(H,15,18). The third-order valence-electron chi connectivity index (χ3n) is 2.58. The topological polar surface area (TPSA) is 104 Å². The molecule has 0 aliphatic heterocycles. The molecule has 0 saturated heterocycles. The molecule has 0 aliphatic carbocycles. The molecule has 1 amide bonds. The molecule has 0 saturated carbocycles. The number of methoxy groups -OCH3 is 1. The van der Waals surface area contributed by atoms with Crippen molar-refractivity contribution in [2.45, 2.75) is 0 Å². The minimum absolute atomic E-state index is 0.272. The molecule has 0 bridgehead atoms. The van der Waals surface area contributed by atoms with E-state index in [0.717, 1.165) is 0 Å². The summed E-state index contributed by atoms with van der Waals surface area (Å²) in [5.74, 6) is -0.272. The second-order valence-electron chi connectivity index (χ2n) is 3.92. The number of aromatic amines is 2. The van der Waals surface area contributed by atoms with E-state index in [0.29, 0.717) is 29.7 Å². The minimum Gasteiger partial charge on any atom is -0.383 e. The number of ether oxygens (including phenoxy) is 1. The summed E-state index contributed by atoms with van der Waals surface area (Å²) in [6, 6.07) is 4.64. The number of rotatable bonds is 4. The van der Waals surface area contributed by atoms with Crippen LogP contribution < -0.4 is 16.4 Å². The minimum atomic E-state index is -0.746. The maximum Gasteiger partial charge on any atom is 0.314 e. The van der Waals surface area contributed by atoms with Crippen LogP contribution in [0.15, 0.2) is 27.8 Å². The van der Waals surface area contributed by atoms with Gasteiger partial charge in [0.2, 0.25) is 0 Å². The molecule has 19 heavy (non-hydrogen) atoms. The summed E-state index contributed by atoms with van der Waals surface area (Å²) in [5, 5.41) is 2.66. The lowest BCUT2D eigenvalue weighted by Crippen LogP contribution is -2.29. The van der Waals surface area contributed by atoms with Crippen molar-refractivity contribution in [1.82, 2.24) is 15.3 Å². The Morgan fingerprint density at radius 3 is 2.58 bits per heavy atom. The van der Waals surface area contributed by atoms with E-state index >= 15 is 0 Å². The van der Waals surface area contributed by atoms with Crippen molar-refractivity contribution >= 4 is 16.9 Å². The molecule has 1 heterocycles. The summed E-state index contributed by atoms with van der Waals surface area (Å²) in [7, 11) is 1.54. The van der Waals surface area contributed by atoms with E-state index in [1.165, 1.54) is 6.07 Å². The maximum atomic E-state index is 11.8. The summed E-state index contributed by atoms with van der Waals surface area (Å²) in [6.45, 7) is 0.818. The second-order valence-corrected chi connectivity index (χ2v) is 3.92. The van der Waals surface area contributed by atoms with Crippen molar-refractivity contribution in [2.24, 2.45) is 0 Å². The number of carbonyl (C=O) groups excluding carboxylic acids is 1. The lowest BCUT2D eigenvalue weighted by atomic mass is 10.2. The van der Waals surface area contributed by atoms with E-state index in [1.807, 2.05) is 0 Å². The Balaban J connectivity index is 2.31. The molecule has 1 aromatic carbocycles. The zero-order chi connectivity index (χ0) is 13.8. The molecule has 0 atom stereocenters. The summed E-state index contributed by atoms with van der Waals surface area (Å²) >= 11 is 0. The Labute approximate surface area is 107 Å². The van der Waals surface area contributed by atoms with Crippen LogP contribution in [0.1, 0.15) is 10.4 Å². The molecule has 0 spiro atoms. The number of H-pyrrole nitrogens is 2. The normalized spacial score (nSPS) is 10.6. The van der Waals surface area contributed by atoms with Crippen molar-refractivity contribution in [3.8, 4) is 0 Å². The van der Waals surface area contributed by atoms with Crippen LogP contribution >= 0.6 is 0 Å². The van der Waals surface area contributed by atoms with Gasteiger partial charge in [-0.15, -0.1) is 0 Å². The van der Waals surface area contributed by atoms with Gasteiger partial charge in [0.25, 0.3) is 5.91 Å². The van der Waals surface area contributed by atoms with E-state index in [4.69, 9.17) is 4.74 Å². The average molecular weight is 263 g/mol. The first kappa shape index (κ1) is 13.0. The zero-order valence-corrected chi connectivity index (χ0v) is 10.3. The van der Waals surface area contributed by atoms with Gasteiger partial charge in [-0.3, -0.25) is 14.4 Å². The highest BCUT2D eigenvalue weighted by Gasteiger charge is 2.07. The zero-order valence-electron chi connectivity index (χ0n) is 10.3. The van der Waals surface area contributed by atoms with Gasteiger partial charge in [0.15, 0.2) is 0 Å². The molecule has 7 heteroatoms. The average Bonchev–Trinajstić information content (AvgIpc) is 2.40. The van der Waals surface area contributed by atoms with Gasteiger partial charge in [0.05, 0.1) is 17.6 Å². The predicted molar refractivity (Wildman–Crippen MR) is 69.4 cm³/mol. The third kappa shape index (κ3) is 2.89. The van der Waals surface area contributed by atoms with Gasteiger partial charge in [-0.25, -0.2) is 0 Å². The molecule has 100 valence electrons. The first-order chi connectivity index (χ1) is 9.11. The lowest BCUT2D eigenvalue weighted by molar-refractivity contribution is 0.0937. The maximum absolute atomic E-state index is 11.8. The van der Waals surface area contributed by atoms with E-state index < -0.39 is 11.1 Å². The summed E-state index contributed by atoms with van der Waals surface area (Å²) < 4.78 is 4.83. The number of aromatic nitrogens is 2. The van der Waals surface area contributed by atoms with Gasteiger partial charge >= 0.3 is 11.1 Å². The molecular weight excluding hydrogens is 250 g/mol. The molecule has 1 aromatic heterocycles. The summed E-state index contributed by atoms with van der Waals surface area (Å²) in [5.41, 5.74) is -0.192. The van der Waals surface area contributed by atoms with Crippen molar-refractivity contribution in [3.05, 3.63) is 44.5 Å². The Hall–Kier alpha value is -2.41. The van der Waals surface area contributed by atoms with Gasteiger partial charge in [0.1, 0.15) is 0 Å². The summed E-state index contributed by atoms with van der Waals surface area (Å²) in [6.07, 6.45) is 0. The van der Waals surface area contributed by atoms with Crippen molar-refractivity contribution in [3.63, 3.8) is 0 Å². The number of carbonyl (C=O) groups is 1. The van der Waals surface area contributed by atoms with E-state index in [2.05, 4.69) is 15.3 Å². The van der Waals surface area contributed by atoms with Gasteiger partial charge in [-0.05, 0) is 18.2 Å². The van der Waals surface area contributed by atoms with Crippen LogP contribution in [0.5, 0.6) is 0 Å². The fourth-order valence-electron chi connectivity index (χ4n) is 1.62. The lowest BCUT2D eigenvalue weighted by Gasteiger charge is -2.05. The van der Waals surface area contributed by atoms with Gasteiger partial charge in [-0.1, -0.05) is 0 Å². The molecule has 0 unspecified atom stereocenters. The Morgan fingerprint density at radius 2 is 1.89 bits per heavy atom. The van der Waals surface area contributed by atoms with E-state index in [9.17, 15) is 14.4 Å². The first-order valence-corrected chi connectivity index (χ1v) is 5.65. The van der Waals surface area contributed by atoms with Crippen molar-refractivity contribution in [2.75, 3.05) is 20.3 Å². The van der Waals surface area contributed by atoms with Crippen LogP contribution in [0.2, 0.25) is 0 Å². The molecule has 0 aliphatic rings. The van der Waals surface area contributed by atoms with E-state index in [1.54, 1.807) is 19.2 Å². The van der Waals surface area contributed by atoms with Crippen LogP contribution in [0.4, 0.5) is 0 Å². The molecule has 0 radical (unpaired) electrons. The van der Waals surface area contributed by atoms with E-state index in [-0.39, 0.29) is 5.91 Å². The fourth-order valence-corrected chi connectivity index (χ4v) is 1.62. The monoisotopic (exact) mass is 263 g/mol. The van der Waals surface area contributed by atoms with Crippen LogP contribution in [-0.4, -0.2) is 36.1 Å². The molecule has 3 N–H and O–H groups in total. The van der Waals surface area contributed by atoms with Crippen LogP contribution in [0.25, 0.3) is 11.0 Å². The van der Waals surface area contributed by atoms with Crippen molar-refractivity contribution in [1.29, 1.82) is 0 Å².